The van der Waals surface area contributed by atoms with E-state index in [4.69, 9.17) is 4.74 Å². The highest BCUT2D eigenvalue weighted by Gasteiger charge is 2.06. The van der Waals surface area contributed by atoms with Gasteiger partial charge in [0.25, 0.3) is 5.78 Å². The largest absolute Gasteiger partial charge is 0.427 e. The Hall–Kier alpha value is -2.76. The van der Waals surface area contributed by atoms with E-state index in [2.05, 4.69) is 15.1 Å². The van der Waals surface area contributed by atoms with Gasteiger partial charge in [-0.2, -0.15) is 14.6 Å². The van der Waals surface area contributed by atoms with E-state index in [-0.39, 0.29) is 5.97 Å². The van der Waals surface area contributed by atoms with Crippen LogP contribution in [0.4, 0.5) is 0 Å². The lowest BCUT2D eigenvalue weighted by atomic mass is 10.1. The summed E-state index contributed by atoms with van der Waals surface area (Å²) in [6.07, 6.45) is 3.14. The predicted molar refractivity (Wildman–Crippen MR) is 67.5 cm³/mol. The summed E-state index contributed by atoms with van der Waals surface area (Å²) in [7, 11) is 0. The molecule has 0 saturated carbocycles. The summed E-state index contributed by atoms with van der Waals surface area (Å²) in [5.74, 6) is 0.719. The minimum Gasteiger partial charge on any atom is -0.427 e. The maximum Gasteiger partial charge on any atom is 0.308 e. The second-order valence-electron chi connectivity index (χ2n) is 3.92. The van der Waals surface area contributed by atoms with Gasteiger partial charge in [0.15, 0.2) is 0 Å². The maximum absolute atomic E-state index is 10.9. The Kier molecular flexibility index (Phi) is 2.68. The summed E-state index contributed by atoms with van der Waals surface area (Å²) in [5, 5.41) is 4.12. The Morgan fingerprint density at radius 3 is 2.68 bits per heavy atom. The Labute approximate surface area is 108 Å². The lowest BCUT2D eigenvalue weighted by Gasteiger charge is -2.05. The first-order valence-corrected chi connectivity index (χ1v) is 5.67. The molecule has 2 heterocycles. The van der Waals surface area contributed by atoms with Gasteiger partial charge < -0.3 is 4.74 Å². The second-order valence-corrected chi connectivity index (χ2v) is 3.92. The van der Waals surface area contributed by atoms with Crippen LogP contribution in [0, 0.1) is 0 Å². The van der Waals surface area contributed by atoms with Crippen LogP contribution in [0.1, 0.15) is 6.92 Å². The van der Waals surface area contributed by atoms with Crippen LogP contribution < -0.4 is 4.74 Å². The summed E-state index contributed by atoms with van der Waals surface area (Å²) in [6.45, 7) is 1.37. The normalized spacial score (nSPS) is 10.6. The lowest BCUT2D eigenvalue weighted by Crippen LogP contribution is -2.01. The SMILES string of the molecule is CC(=O)Oc1ccc(-c2ccnc3ncnn23)cc1. The highest BCUT2D eigenvalue weighted by molar-refractivity contribution is 5.70. The standard InChI is InChI=1S/C13H10N4O2/c1-9(18)19-11-4-2-10(3-5-11)12-6-7-14-13-15-8-16-17(12)13/h2-8H,1H3. The van der Waals surface area contributed by atoms with E-state index in [0.717, 1.165) is 11.3 Å². The van der Waals surface area contributed by atoms with Gasteiger partial charge in [0.2, 0.25) is 0 Å². The molecule has 94 valence electrons. The van der Waals surface area contributed by atoms with Crippen LogP contribution >= 0.6 is 0 Å². The number of benzene rings is 1. The summed E-state index contributed by atoms with van der Waals surface area (Å²) >= 11 is 0. The minimum atomic E-state index is -0.338. The molecule has 0 atom stereocenters. The Bertz CT molecular complexity index is 734. The number of ether oxygens (including phenoxy) is 1. The summed E-state index contributed by atoms with van der Waals surface area (Å²) in [6, 6.07) is 9.03. The molecule has 0 unspecified atom stereocenters. The molecule has 3 rings (SSSR count). The van der Waals surface area contributed by atoms with E-state index in [9.17, 15) is 4.79 Å². The number of esters is 1. The van der Waals surface area contributed by atoms with Gasteiger partial charge >= 0.3 is 5.97 Å². The number of carbonyl (C=O) groups is 1. The van der Waals surface area contributed by atoms with Crippen molar-refractivity contribution in [1.82, 2.24) is 19.6 Å². The third kappa shape index (κ3) is 2.15. The number of aromatic nitrogens is 4. The minimum absolute atomic E-state index is 0.338. The molecule has 0 fully saturated rings. The van der Waals surface area contributed by atoms with Crippen molar-refractivity contribution in [3.8, 4) is 17.0 Å². The fraction of sp³-hybridized carbons (Fsp3) is 0.0769. The van der Waals surface area contributed by atoms with E-state index >= 15 is 0 Å². The molecule has 0 amide bonds. The summed E-state index contributed by atoms with van der Waals surface area (Å²) < 4.78 is 6.65. The lowest BCUT2D eigenvalue weighted by molar-refractivity contribution is -0.131. The summed E-state index contributed by atoms with van der Waals surface area (Å²) in [5.41, 5.74) is 1.81. The van der Waals surface area contributed by atoms with Crippen molar-refractivity contribution in [2.75, 3.05) is 0 Å². The molecule has 0 N–H and O–H groups in total. The molecule has 6 heteroatoms. The Balaban J connectivity index is 2.02. The first kappa shape index (κ1) is 11.3. The highest BCUT2D eigenvalue weighted by atomic mass is 16.5. The molecule has 6 nitrogen and oxygen atoms in total. The van der Waals surface area contributed by atoms with Gasteiger partial charge in [-0.1, -0.05) is 0 Å². The average molecular weight is 254 g/mol. The van der Waals surface area contributed by atoms with Gasteiger partial charge in [-0.3, -0.25) is 4.79 Å². The van der Waals surface area contributed by atoms with Gasteiger partial charge in [-0.15, -0.1) is 0 Å². The van der Waals surface area contributed by atoms with Gasteiger partial charge in [0.05, 0.1) is 5.69 Å². The molecular weight excluding hydrogens is 244 g/mol. The zero-order chi connectivity index (χ0) is 13.2. The van der Waals surface area contributed by atoms with E-state index in [0.29, 0.717) is 11.5 Å². The Morgan fingerprint density at radius 1 is 1.16 bits per heavy atom. The molecule has 0 aliphatic heterocycles. The van der Waals surface area contributed by atoms with Crippen LogP contribution in [0.3, 0.4) is 0 Å². The second kappa shape index (κ2) is 4.49. The van der Waals surface area contributed by atoms with Crippen LogP contribution in [0.25, 0.3) is 17.0 Å². The number of rotatable bonds is 2. The van der Waals surface area contributed by atoms with Crippen molar-refractivity contribution in [3.63, 3.8) is 0 Å². The van der Waals surface area contributed by atoms with Gasteiger partial charge in [0.1, 0.15) is 12.1 Å². The molecule has 0 spiro atoms. The number of fused-ring (bicyclic) bond motifs is 1. The van der Waals surface area contributed by atoms with E-state index in [1.807, 2.05) is 18.2 Å². The number of carbonyl (C=O) groups excluding carboxylic acids is 1. The van der Waals surface area contributed by atoms with Crippen molar-refractivity contribution in [2.45, 2.75) is 6.92 Å². The molecule has 0 radical (unpaired) electrons. The Morgan fingerprint density at radius 2 is 1.95 bits per heavy atom. The van der Waals surface area contributed by atoms with Crippen LogP contribution in [0.2, 0.25) is 0 Å². The molecule has 19 heavy (non-hydrogen) atoms. The molecule has 0 aliphatic rings. The monoisotopic (exact) mass is 254 g/mol. The van der Waals surface area contributed by atoms with Gasteiger partial charge in [-0.05, 0) is 30.3 Å². The zero-order valence-corrected chi connectivity index (χ0v) is 10.1. The molecule has 0 aliphatic carbocycles. The fourth-order valence-corrected chi connectivity index (χ4v) is 1.82. The topological polar surface area (TPSA) is 69.4 Å². The first-order chi connectivity index (χ1) is 9.24. The number of hydrogen-bond acceptors (Lipinski definition) is 5. The van der Waals surface area contributed by atoms with Crippen molar-refractivity contribution < 1.29 is 9.53 Å². The average Bonchev–Trinajstić information content (AvgIpc) is 2.87. The van der Waals surface area contributed by atoms with Crippen LogP contribution in [0.15, 0.2) is 42.9 Å². The van der Waals surface area contributed by atoms with Crippen molar-refractivity contribution in [1.29, 1.82) is 0 Å². The number of nitrogens with zero attached hydrogens (tertiary/aromatic N) is 4. The molecule has 0 saturated heterocycles. The maximum atomic E-state index is 10.9. The quantitative estimate of drug-likeness (QED) is 0.514. The summed E-state index contributed by atoms with van der Waals surface area (Å²) in [4.78, 5) is 19.0. The van der Waals surface area contributed by atoms with Crippen LogP contribution in [-0.2, 0) is 4.79 Å². The van der Waals surface area contributed by atoms with Crippen molar-refractivity contribution in [3.05, 3.63) is 42.9 Å². The van der Waals surface area contributed by atoms with Crippen molar-refractivity contribution in [2.24, 2.45) is 0 Å². The van der Waals surface area contributed by atoms with Crippen LogP contribution in [0.5, 0.6) is 5.75 Å². The smallest absolute Gasteiger partial charge is 0.308 e. The third-order valence-electron chi connectivity index (χ3n) is 2.59. The van der Waals surface area contributed by atoms with E-state index in [1.54, 1.807) is 22.8 Å². The van der Waals surface area contributed by atoms with Gasteiger partial charge in [0, 0.05) is 18.7 Å². The van der Waals surface area contributed by atoms with Gasteiger partial charge in [-0.25, -0.2) is 4.98 Å². The van der Waals surface area contributed by atoms with E-state index in [1.165, 1.54) is 13.3 Å². The van der Waals surface area contributed by atoms with Crippen LogP contribution in [-0.4, -0.2) is 25.6 Å². The molecule has 0 bridgehead atoms. The highest BCUT2D eigenvalue weighted by Crippen LogP contribution is 2.22. The fourth-order valence-electron chi connectivity index (χ4n) is 1.82. The third-order valence-corrected chi connectivity index (χ3v) is 2.59. The van der Waals surface area contributed by atoms with Crippen molar-refractivity contribution >= 4 is 11.7 Å². The molecular formula is C13H10N4O2. The zero-order valence-electron chi connectivity index (χ0n) is 10.1. The molecule has 2 aromatic heterocycles. The number of hydrogen-bond donors (Lipinski definition) is 0. The van der Waals surface area contributed by atoms with E-state index < -0.39 is 0 Å². The molecule has 3 aromatic rings. The first-order valence-electron chi connectivity index (χ1n) is 5.67. The predicted octanol–water partition coefficient (Wildman–Crippen LogP) is 1.72. The molecule has 1 aromatic carbocycles.